The summed E-state index contributed by atoms with van der Waals surface area (Å²) in [6, 6.07) is 9.69. The van der Waals surface area contributed by atoms with Crippen molar-refractivity contribution in [3.8, 4) is 17.2 Å². The van der Waals surface area contributed by atoms with Gasteiger partial charge in [0.05, 0.1) is 27.4 Å². The number of hydrogen-bond acceptors (Lipinski definition) is 7. The Morgan fingerprint density at radius 3 is 2.52 bits per heavy atom. The Morgan fingerprint density at radius 2 is 1.89 bits per heavy atom. The maximum absolute atomic E-state index is 12.8. The molecule has 9 heteroatoms. The number of sulfonamides is 1. The first-order valence-corrected chi connectivity index (χ1v) is 9.76. The molecule has 0 unspecified atom stereocenters. The molecular formula is C18H22N2O6S. The van der Waals surface area contributed by atoms with Gasteiger partial charge >= 0.3 is 0 Å². The predicted molar refractivity (Wildman–Crippen MR) is 99.7 cm³/mol. The molecule has 1 aliphatic rings. The molecule has 1 aliphatic heterocycles. The summed E-state index contributed by atoms with van der Waals surface area (Å²) in [5, 5.41) is 0. The first-order valence-electron chi connectivity index (χ1n) is 8.27. The number of nitrogen functional groups attached to an aromatic ring is 1. The summed E-state index contributed by atoms with van der Waals surface area (Å²) in [7, 11) is -0.806. The number of nitrogens with one attached hydrogen (secondary N) is 1. The lowest BCUT2D eigenvalue weighted by Gasteiger charge is -2.27. The van der Waals surface area contributed by atoms with E-state index in [1.165, 1.54) is 13.2 Å². The van der Waals surface area contributed by atoms with Crippen LogP contribution in [0.4, 0.5) is 5.69 Å². The van der Waals surface area contributed by atoms with Crippen LogP contribution >= 0.6 is 0 Å². The van der Waals surface area contributed by atoms with E-state index in [9.17, 15) is 8.42 Å². The van der Waals surface area contributed by atoms with Gasteiger partial charge in [0, 0.05) is 23.9 Å². The second kappa shape index (κ2) is 8.03. The molecule has 2 aromatic rings. The van der Waals surface area contributed by atoms with Crippen LogP contribution in [-0.2, 0) is 21.3 Å². The fourth-order valence-electron chi connectivity index (χ4n) is 2.54. The van der Waals surface area contributed by atoms with E-state index in [0.29, 0.717) is 36.0 Å². The molecule has 27 heavy (non-hydrogen) atoms. The van der Waals surface area contributed by atoms with E-state index in [-0.39, 0.29) is 23.3 Å². The van der Waals surface area contributed by atoms with E-state index in [0.717, 1.165) is 0 Å². The summed E-state index contributed by atoms with van der Waals surface area (Å²) in [4.78, 5) is -0.0121. The Morgan fingerprint density at radius 1 is 1.11 bits per heavy atom. The van der Waals surface area contributed by atoms with Gasteiger partial charge in [0.15, 0.2) is 0 Å². The lowest BCUT2D eigenvalue weighted by Crippen LogP contribution is -2.39. The monoisotopic (exact) mass is 394 g/mol. The van der Waals surface area contributed by atoms with E-state index in [1.807, 2.05) is 0 Å². The third-order valence-electron chi connectivity index (χ3n) is 4.11. The number of ether oxygens (including phenoxy) is 4. The molecule has 3 rings (SSSR count). The van der Waals surface area contributed by atoms with Crippen LogP contribution in [0.15, 0.2) is 41.3 Å². The maximum atomic E-state index is 12.8. The first-order chi connectivity index (χ1) is 12.9. The normalized spacial score (nSPS) is 14.4. The average molecular weight is 394 g/mol. The molecule has 1 saturated heterocycles. The van der Waals surface area contributed by atoms with Crippen LogP contribution in [0, 0.1) is 0 Å². The number of anilines is 1. The molecule has 1 heterocycles. The van der Waals surface area contributed by atoms with Crippen molar-refractivity contribution in [2.75, 3.05) is 33.2 Å². The molecule has 0 radical (unpaired) electrons. The van der Waals surface area contributed by atoms with E-state index >= 15 is 0 Å². The minimum atomic E-state index is -3.86. The zero-order valence-electron chi connectivity index (χ0n) is 15.1. The standard InChI is InChI=1S/C18H22N2O6S/c1-23-14-5-3-12(17(8-14)24-2)9-20-27(21,22)18-7-13(19)4-6-16(18)26-15-10-25-11-15/h3-8,15,20H,9-11,19H2,1-2H3. The first kappa shape index (κ1) is 19.3. The highest BCUT2D eigenvalue weighted by molar-refractivity contribution is 7.89. The fraction of sp³-hybridized carbons (Fsp3) is 0.333. The molecule has 0 bridgehead atoms. The molecule has 0 saturated carbocycles. The summed E-state index contributed by atoms with van der Waals surface area (Å²) >= 11 is 0. The van der Waals surface area contributed by atoms with Crippen molar-refractivity contribution in [1.29, 1.82) is 0 Å². The summed E-state index contributed by atoms with van der Waals surface area (Å²) < 4.78 is 49.5. The second-order valence-corrected chi connectivity index (χ2v) is 7.72. The zero-order chi connectivity index (χ0) is 19.4. The third-order valence-corrected chi connectivity index (χ3v) is 5.53. The van der Waals surface area contributed by atoms with E-state index in [1.54, 1.807) is 37.4 Å². The van der Waals surface area contributed by atoms with Gasteiger partial charge in [-0.25, -0.2) is 13.1 Å². The van der Waals surface area contributed by atoms with Crippen molar-refractivity contribution >= 4 is 15.7 Å². The Kier molecular flexibility index (Phi) is 5.73. The van der Waals surface area contributed by atoms with Crippen LogP contribution in [0.3, 0.4) is 0 Å². The molecule has 0 aromatic heterocycles. The van der Waals surface area contributed by atoms with E-state index < -0.39 is 10.0 Å². The van der Waals surface area contributed by atoms with Gasteiger partial charge in [0.1, 0.15) is 28.2 Å². The highest BCUT2D eigenvalue weighted by Gasteiger charge is 2.26. The van der Waals surface area contributed by atoms with Gasteiger partial charge in [-0.3, -0.25) is 0 Å². The van der Waals surface area contributed by atoms with Crippen LogP contribution < -0.4 is 24.7 Å². The van der Waals surface area contributed by atoms with Crippen molar-refractivity contribution in [3.05, 3.63) is 42.0 Å². The van der Waals surface area contributed by atoms with Crippen molar-refractivity contribution in [1.82, 2.24) is 4.72 Å². The zero-order valence-corrected chi connectivity index (χ0v) is 15.9. The number of benzene rings is 2. The Balaban J connectivity index is 1.81. The molecule has 0 aliphatic carbocycles. The Labute approximate surface area is 158 Å². The number of nitrogens with two attached hydrogens (primary N) is 1. The van der Waals surface area contributed by atoms with Crippen LogP contribution in [0.5, 0.6) is 17.2 Å². The molecule has 2 aromatic carbocycles. The maximum Gasteiger partial charge on any atom is 0.244 e. The van der Waals surface area contributed by atoms with Gasteiger partial charge < -0.3 is 24.7 Å². The summed E-state index contributed by atoms with van der Waals surface area (Å²) in [6.07, 6.45) is -0.163. The molecule has 8 nitrogen and oxygen atoms in total. The predicted octanol–water partition coefficient (Wildman–Crippen LogP) is 1.54. The molecule has 0 spiro atoms. The smallest absolute Gasteiger partial charge is 0.244 e. The quantitative estimate of drug-likeness (QED) is 0.654. The van der Waals surface area contributed by atoms with Crippen LogP contribution in [0.2, 0.25) is 0 Å². The SMILES string of the molecule is COc1ccc(CNS(=O)(=O)c2cc(N)ccc2OC2COC2)c(OC)c1. The van der Waals surface area contributed by atoms with Gasteiger partial charge in [-0.2, -0.15) is 0 Å². The Bertz CT molecular complexity index is 912. The summed E-state index contributed by atoms with van der Waals surface area (Å²) in [6.45, 7) is 0.900. The van der Waals surface area contributed by atoms with Crippen molar-refractivity contribution < 1.29 is 27.4 Å². The van der Waals surface area contributed by atoms with Crippen molar-refractivity contribution in [2.45, 2.75) is 17.5 Å². The van der Waals surface area contributed by atoms with Crippen molar-refractivity contribution in [3.63, 3.8) is 0 Å². The van der Waals surface area contributed by atoms with Gasteiger partial charge in [-0.15, -0.1) is 0 Å². The van der Waals surface area contributed by atoms with E-state index in [2.05, 4.69) is 4.72 Å². The summed E-state index contributed by atoms with van der Waals surface area (Å²) in [5.41, 5.74) is 6.78. The van der Waals surface area contributed by atoms with E-state index in [4.69, 9.17) is 24.7 Å². The van der Waals surface area contributed by atoms with Gasteiger partial charge in [-0.05, 0) is 24.3 Å². The minimum Gasteiger partial charge on any atom is -0.497 e. The molecule has 146 valence electrons. The van der Waals surface area contributed by atoms with Crippen LogP contribution in [0.1, 0.15) is 5.56 Å². The molecule has 0 amide bonds. The Hall–Kier alpha value is -2.49. The molecule has 1 fully saturated rings. The van der Waals surface area contributed by atoms with Crippen molar-refractivity contribution in [2.24, 2.45) is 0 Å². The minimum absolute atomic E-state index is 0.0121. The van der Waals surface area contributed by atoms with Crippen LogP contribution in [0.25, 0.3) is 0 Å². The summed E-state index contributed by atoms with van der Waals surface area (Å²) in [5.74, 6) is 1.38. The number of hydrogen-bond donors (Lipinski definition) is 2. The van der Waals surface area contributed by atoms with Gasteiger partial charge in [0.25, 0.3) is 0 Å². The van der Waals surface area contributed by atoms with Gasteiger partial charge in [-0.1, -0.05) is 6.07 Å². The third kappa shape index (κ3) is 4.44. The number of rotatable bonds is 8. The lowest BCUT2D eigenvalue weighted by atomic mass is 10.2. The highest BCUT2D eigenvalue weighted by Crippen LogP contribution is 2.29. The largest absolute Gasteiger partial charge is 0.497 e. The highest BCUT2D eigenvalue weighted by atomic mass is 32.2. The molecule has 3 N–H and O–H groups in total. The second-order valence-electron chi connectivity index (χ2n) is 5.99. The van der Waals surface area contributed by atoms with Gasteiger partial charge in [0.2, 0.25) is 10.0 Å². The average Bonchev–Trinajstić information content (AvgIpc) is 2.63. The topological polar surface area (TPSA) is 109 Å². The molecule has 0 atom stereocenters. The van der Waals surface area contributed by atoms with Crippen LogP contribution in [-0.4, -0.2) is 42.0 Å². The lowest BCUT2D eigenvalue weighted by molar-refractivity contribution is -0.0807. The molecular weight excluding hydrogens is 372 g/mol. The fourth-order valence-corrected chi connectivity index (χ4v) is 3.72. The number of methoxy groups -OCH3 is 2.